The molecule has 2 saturated heterocycles. The normalized spacial score (nSPS) is 34.9. The third kappa shape index (κ3) is 2.62. The van der Waals surface area contributed by atoms with E-state index in [1.54, 1.807) is 0 Å². The van der Waals surface area contributed by atoms with Crippen molar-refractivity contribution in [3.63, 3.8) is 0 Å². The summed E-state index contributed by atoms with van der Waals surface area (Å²) in [5, 5.41) is 0. The third-order valence-electron chi connectivity index (χ3n) is 3.39. The van der Waals surface area contributed by atoms with Gasteiger partial charge in [0, 0.05) is 25.1 Å². The number of ether oxygens (including phenoxy) is 1. The van der Waals surface area contributed by atoms with Gasteiger partial charge in [-0.05, 0) is 38.6 Å². The number of hydrogen-bond donors (Lipinski definition) is 0. The Labute approximate surface area is 91.6 Å². The van der Waals surface area contributed by atoms with Gasteiger partial charge in [0.1, 0.15) is 0 Å². The van der Waals surface area contributed by atoms with Crippen LogP contribution in [-0.4, -0.2) is 42.6 Å². The van der Waals surface area contributed by atoms with Crippen LogP contribution in [0.2, 0.25) is 0 Å². The highest BCUT2D eigenvalue weighted by Gasteiger charge is 2.26. The summed E-state index contributed by atoms with van der Waals surface area (Å²) in [4.78, 5) is 2.52. The van der Waals surface area contributed by atoms with E-state index < -0.39 is 0 Å². The summed E-state index contributed by atoms with van der Waals surface area (Å²) in [5.41, 5.74) is 0. The molecule has 14 heavy (non-hydrogen) atoms. The molecule has 2 aliphatic heterocycles. The topological polar surface area (TPSA) is 12.5 Å². The van der Waals surface area contributed by atoms with E-state index in [1.807, 2.05) is 0 Å². The van der Waals surface area contributed by atoms with Crippen molar-refractivity contribution in [2.45, 2.75) is 44.2 Å². The van der Waals surface area contributed by atoms with E-state index in [-0.39, 0.29) is 0 Å². The molecule has 0 radical (unpaired) electrons. The van der Waals surface area contributed by atoms with Crippen molar-refractivity contribution in [1.29, 1.82) is 0 Å². The number of halogens is 1. The number of alkyl halides is 1. The number of likely N-dealkylation sites (tertiary alicyclic amines) is 1. The summed E-state index contributed by atoms with van der Waals surface area (Å²) in [6.45, 7) is 3.29. The molecule has 0 N–H and O–H groups in total. The van der Waals surface area contributed by atoms with Crippen LogP contribution in [0.4, 0.5) is 0 Å². The van der Waals surface area contributed by atoms with E-state index in [0.29, 0.717) is 12.1 Å². The van der Waals surface area contributed by atoms with Gasteiger partial charge in [0.15, 0.2) is 0 Å². The monoisotopic (exact) mass is 217 g/mol. The summed E-state index contributed by atoms with van der Waals surface area (Å²) in [7, 11) is 0. The molecule has 2 nitrogen and oxygen atoms in total. The van der Waals surface area contributed by atoms with Crippen LogP contribution in [0.1, 0.15) is 32.1 Å². The fourth-order valence-corrected chi connectivity index (χ4v) is 2.87. The average Bonchev–Trinajstić information content (AvgIpc) is 2.67. The van der Waals surface area contributed by atoms with Gasteiger partial charge < -0.3 is 4.74 Å². The standard InChI is InChI=1S/C11H20ClNO/c12-8-10-4-3-6-13(10)9-11-5-1-2-7-14-11/h10-11H,1-9H2. The van der Waals surface area contributed by atoms with Gasteiger partial charge in [0.2, 0.25) is 0 Å². The first kappa shape index (κ1) is 10.7. The van der Waals surface area contributed by atoms with Gasteiger partial charge >= 0.3 is 0 Å². The fourth-order valence-electron chi connectivity index (χ4n) is 2.52. The summed E-state index contributed by atoms with van der Waals surface area (Å²) in [6.07, 6.45) is 6.89. The Morgan fingerprint density at radius 1 is 1.21 bits per heavy atom. The van der Waals surface area contributed by atoms with Crippen molar-refractivity contribution >= 4 is 11.6 Å². The zero-order valence-electron chi connectivity index (χ0n) is 8.75. The first-order valence-electron chi connectivity index (χ1n) is 5.82. The minimum absolute atomic E-state index is 0.479. The molecule has 82 valence electrons. The molecule has 3 heteroatoms. The highest BCUT2D eigenvalue weighted by Crippen LogP contribution is 2.21. The molecule has 0 aromatic rings. The van der Waals surface area contributed by atoms with E-state index in [1.165, 1.54) is 38.6 Å². The summed E-state index contributed by atoms with van der Waals surface area (Å²) in [6, 6.07) is 0.613. The lowest BCUT2D eigenvalue weighted by Crippen LogP contribution is -2.39. The number of nitrogens with zero attached hydrogens (tertiary/aromatic N) is 1. The molecule has 0 spiro atoms. The summed E-state index contributed by atoms with van der Waals surface area (Å²) >= 11 is 5.94. The van der Waals surface area contributed by atoms with Crippen molar-refractivity contribution in [1.82, 2.24) is 4.90 Å². The predicted molar refractivity (Wildman–Crippen MR) is 58.9 cm³/mol. The Hall–Kier alpha value is 0.210. The minimum Gasteiger partial charge on any atom is -0.377 e. The molecule has 2 atom stereocenters. The van der Waals surface area contributed by atoms with Crippen LogP contribution < -0.4 is 0 Å². The molecule has 0 aliphatic carbocycles. The van der Waals surface area contributed by atoms with Crippen molar-refractivity contribution < 1.29 is 4.74 Å². The third-order valence-corrected chi connectivity index (χ3v) is 3.75. The Morgan fingerprint density at radius 2 is 2.14 bits per heavy atom. The maximum absolute atomic E-state index is 5.94. The Balaban J connectivity index is 1.77. The zero-order chi connectivity index (χ0) is 9.80. The molecule has 0 aromatic carbocycles. The predicted octanol–water partition coefficient (Wildman–Crippen LogP) is 2.26. The quantitative estimate of drug-likeness (QED) is 0.673. The van der Waals surface area contributed by atoms with Gasteiger partial charge in [0.25, 0.3) is 0 Å². The largest absolute Gasteiger partial charge is 0.377 e. The van der Waals surface area contributed by atoms with Crippen LogP contribution >= 0.6 is 11.6 Å². The summed E-state index contributed by atoms with van der Waals surface area (Å²) < 4.78 is 5.75. The number of hydrogen-bond acceptors (Lipinski definition) is 2. The molecule has 2 fully saturated rings. The molecule has 0 aromatic heterocycles. The highest BCUT2D eigenvalue weighted by molar-refractivity contribution is 6.18. The lowest BCUT2D eigenvalue weighted by molar-refractivity contribution is -0.00660. The molecule has 2 aliphatic rings. The second-order valence-electron chi connectivity index (χ2n) is 4.43. The maximum Gasteiger partial charge on any atom is 0.0702 e. The van der Waals surface area contributed by atoms with E-state index in [4.69, 9.17) is 16.3 Å². The molecule has 2 unspecified atom stereocenters. The highest BCUT2D eigenvalue weighted by atomic mass is 35.5. The van der Waals surface area contributed by atoms with Gasteiger partial charge in [-0.25, -0.2) is 0 Å². The van der Waals surface area contributed by atoms with Gasteiger partial charge in [-0.1, -0.05) is 0 Å². The second kappa shape index (κ2) is 5.34. The van der Waals surface area contributed by atoms with Crippen LogP contribution in [-0.2, 0) is 4.74 Å². The fraction of sp³-hybridized carbons (Fsp3) is 1.00. The van der Waals surface area contributed by atoms with Crippen LogP contribution in [0.25, 0.3) is 0 Å². The van der Waals surface area contributed by atoms with Crippen molar-refractivity contribution in [2.24, 2.45) is 0 Å². The van der Waals surface area contributed by atoms with Crippen LogP contribution in [0, 0.1) is 0 Å². The lowest BCUT2D eigenvalue weighted by Gasteiger charge is -2.30. The van der Waals surface area contributed by atoms with Gasteiger partial charge in [-0.2, -0.15) is 0 Å². The van der Waals surface area contributed by atoms with E-state index >= 15 is 0 Å². The zero-order valence-corrected chi connectivity index (χ0v) is 9.51. The van der Waals surface area contributed by atoms with Crippen LogP contribution in [0.5, 0.6) is 0 Å². The molecular weight excluding hydrogens is 198 g/mol. The average molecular weight is 218 g/mol. The lowest BCUT2D eigenvalue weighted by atomic mass is 10.1. The van der Waals surface area contributed by atoms with Crippen molar-refractivity contribution in [3.05, 3.63) is 0 Å². The van der Waals surface area contributed by atoms with E-state index in [9.17, 15) is 0 Å². The molecule has 2 heterocycles. The molecule has 2 rings (SSSR count). The van der Waals surface area contributed by atoms with Gasteiger partial charge in [0.05, 0.1) is 6.10 Å². The molecular formula is C11H20ClNO. The number of rotatable bonds is 3. The first-order valence-corrected chi connectivity index (χ1v) is 6.35. The van der Waals surface area contributed by atoms with E-state index in [2.05, 4.69) is 4.90 Å². The molecule has 0 amide bonds. The van der Waals surface area contributed by atoms with Gasteiger partial charge in [-0.3, -0.25) is 4.90 Å². The SMILES string of the molecule is ClCC1CCCN1CC1CCCCO1. The minimum atomic E-state index is 0.479. The Morgan fingerprint density at radius 3 is 2.86 bits per heavy atom. The Kier molecular flexibility index (Phi) is 4.09. The van der Waals surface area contributed by atoms with E-state index in [0.717, 1.165) is 19.0 Å². The van der Waals surface area contributed by atoms with Gasteiger partial charge in [-0.15, -0.1) is 11.6 Å². The molecule has 0 saturated carbocycles. The Bertz CT molecular complexity index is 171. The van der Waals surface area contributed by atoms with Crippen LogP contribution in [0.15, 0.2) is 0 Å². The smallest absolute Gasteiger partial charge is 0.0702 e. The maximum atomic E-state index is 5.94. The first-order chi connectivity index (χ1) is 6.90. The van der Waals surface area contributed by atoms with Crippen LogP contribution in [0.3, 0.4) is 0 Å². The van der Waals surface area contributed by atoms with Crippen molar-refractivity contribution in [2.75, 3.05) is 25.6 Å². The second-order valence-corrected chi connectivity index (χ2v) is 4.74. The summed E-state index contributed by atoms with van der Waals surface area (Å²) in [5.74, 6) is 0.784. The molecule has 0 bridgehead atoms. The van der Waals surface area contributed by atoms with Crippen molar-refractivity contribution in [3.8, 4) is 0 Å².